The number of rotatable bonds is 2. The summed E-state index contributed by atoms with van der Waals surface area (Å²) >= 11 is 11.6. The molecule has 4 nitrogen and oxygen atoms in total. The van der Waals surface area contributed by atoms with Gasteiger partial charge in [0.25, 0.3) is 0 Å². The van der Waals surface area contributed by atoms with Crippen LogP contribution < -0.4 is 16.4 Å². The van der Waals surface area contributed by atoms with Crippen molar-refractivity contribution in [3.8, 4) is 0 Å². The van der Waals surface area contributed by atoms with E-state index in [4.69, 9.17) is 28.9 Å². The van der Waals surface area contributed by atoms with Crippen LogP contribution in [0.1, 0.15) is 6.42 Å². The Morgan fingerprint density at radius 3 is 2.62 bits per heavy atom. The lowest BCUT2D eigenvalue weighted by Crippen LogP contribution is -2.33. The van der Waals surface area contributed by atoms with Crippen LogP contribution in [0.3, 0.4) is 0 Å². The maximum absolute atomic E-state index is 11.5. The number of nitrogens with two attached hydrogens (primary N) is 1. The SMILES string of the molecule is NC1CC1NC(=O)Nc1ccc(Cl)c(Cl)c1. The molecule has 2 rings (SSSR count). The van der Waals surface area contributed by atoms with E-state index in [1.165, 1.54) is 0 Å². The number of nitrogens with one attached hydrogen (secondary N) is 2. The third kappa shape index (κ3) is 2.78. The van der Waals surface area contributed by atoms with Crippen LogP contribution >= 0.6 is 23.2 Å². The monoisotopic (exact) mass is 259 g/mol. The summed E-state index contributed by atoms with van der Waals surface area (Å²) in [6.07, 6.45) is 0.828. The number of amides is 2. The zero-order valence-electron chi connectivity index (χ0n) is 8.34. The third-order valence-electron chi connectivity index (χ3n) is 2.33. The molecule has 0 spiro atoms. The van der Waals surface area contributed by atoms with Crippen molar-refractivity contribution in [2.24, 2.45) is 5.73 Å². The summed E-state index contributed by atoms with van der Waals surface area (Å²) in [7, 11) is 0. The van der Waals surface area contributed by atoms with Gasteiger partial charge in [-0.1, -0.05) is 23.2 Å². The first kappa shape index (κ1) is 11.5. The van der Waals surface area contributed by atoms with Gasteiger partial charge in [-0.05, 0) is 24.6 Å². The van der Waals surface area contributed by atoms with Crippen LogP contribution in [0.2, 0.25) is 10.0 Å². The molecule has 1 fully saturated rings. The molecule has 2 amide bonds. The van der Waals surface area contributed by atoms with Crippen molar-refractivity contribution in [1.29, 1.82) is 0 Å². The van der Waals surface area contributed by atoms with E-state index >= 15 is 0 Å². The minimum atomic E-state index is -0.281. The van der Waals surface area contributed by atoms with Crippen molar-refractivity contribution in [1.82, 2.24) is 5.32 Å². The number of anilines is 1. The van der Waals surface area contributed by atoms with Gasteiger partial charge >= 0.3 is 6.03 Å². The first-order chi connectivity index (χ1) is 7.56. The van der Waals surface area contributed by atoms with Crippen molar-refractivity contribution in [2.75, 3.05) is 5.32 Å². The largest absolute Gasteiger partial charge is 0.334 e. The fourth-order valence-corrected chi connectivity index (χ4v) is 1.59. The maximum Gasteiger partial charge on any atom is 0.319 e. The minimum Gasteiger partial charge on any atom is -0.334 e. The number of carbonyl (C=O) groups excluding carboxylic acids is 1. The second-order valence-electron chi connectivity index (χ2n) is 3.73. The molecule has 1 aliphatic carbocycles. The number of benzene rings is 1. The smallest absolute Gasteiger partial charge is 0.319 e. The van der Waals surface area contributed by atoms with Crippen molar-refractivity contribution in [3.05, 3.63) is 28.2 Å². The lowest BCUT2D eigenvalue weighted by atomic mass is 10.3. The Bertz CT molecular complexity index is 425. The first-order valence-corrected chi connectivity index (χ1v) is 5.60. The molecule has 0 saturated heterocycles. The van der Waals surface area contributed by atoms with Crippen LogP contribution in [0.25, 0.3) is 0 Å². The summed E-state index contributed by atoms with van der Waals surface area (Å²) < 4.78 is 0. The molecule has 1 aliphatic rings. The average molecular weight is 260 g/mol. The van der Waals surface area contributed by atoms with E-state index in [1.54, 1.807) is 18.2 Å². The van der Waals surface area contributed by atoms with Gasteiger partial charge in [0.1, 0.15) is 0 Å². The number of urea groups is 1. The number of halogens is 2. The standard InChI is InChI=1S/C10H11Cl2N3O/c11-6-2-1-5(3-7(6)12)14-10(16)15-9-4-8(9)13/h1-3,8-9H,4,13H2,(H2,14,15,16). The van der Waals surface area contributed by atoms with E-state index in [1.807, 2.05) is 0 Å². The molecule has 0 bridgehead atoms. The number of hydrogen-bond acceptors (Lipinski definition) is 2. The molecule has 4 N–H and O–H groups in total. The molecule has 1 aromatic rings. The molecule has 0 radical (unpaired) electrons. The van der Waals surface area contributed by atoms with Gasteiger partial charge in [-0.25, -0.2) is 4.79 Å². The van der Waals surface area contributed by atoms with E-state index in [-0.39, 0.29) is 18.1 Å². The molecular weight excluding hydrogens is 249 g/mol. The molecule has 86 valence electrons. The molecule has 2 atom stereocenters. The van der Waals surface area contributed by atoms with E-state index in [9.17, 15) is 4.79 Å². The van der Waals surface area contributed by atoms with Crippen molar-refractivity contribution in [3.63, 3.8) is 0 Å². The Balaban J connectivity index is 1.92. The van der Waals surface area contributed by atoms with Crippen molar-refractivity contribution < 1.29 is 4.79 Å². The van der Waals surface area contributed by atoms with Crippen LogP contribution in [0.15, 0.2) is 18.2 Å². The highest BCUT2D eigenvalue weighted by Gasteiger charge is 2.34. The molecular formula is C10H11Cl2N3O. The summed E-state index contributed by atoms with van der Waals surface area (Å²) in [5.41, 5.74) is 6.17. The third-order valence-corrected chi connectivity index (χ3v) is 3.07. The van der Waals surface area contributed by atoms with Gasteiger partial charge < -0.3 is 16.4 Å². The van der Waals surface area contributed by atoms with Gasteiger partial charge in [-0.2, -0.15) is 0 Å². The summed E-state index contributed by atoms with van der Waals surface area (Å²) in [5, 5.41) is 6.25. The Labute approximate surface area is 103 Å². The lowest BCUT2D eigenvalue weighted by molar-refractivity contribution is 0.251. The molecule has 6 heteroatoms. The van der Waals surface area contributed by atoms with Crippen LogP contribution in [0, 0.1) is 0 Å². The highest BCUT2D eigenvalue weighted by Crippen LogP contribution is 2.25. The van der Waals surface area contributed by atoms with E-state index in [2.05, 4.69) is 10.6 Å². The predicted octanol–water partition coefficient (Wildman–Crippen LogP) is 2.21. The van der Waals surface area contributed by atoms with Gasteiger partial charge in [-0.3, -0.25) is 0 Å². The quantitative estimate of drug-likeness (QED) is 0.763. The topological polar surface area (TPSA) is 67.1 Å². The zero-order chi connectivity index (χ0) is 11.7. The summed E-state index contributed by atoms with van der Waals surface area (Å²) in [6, 6.07) is 4.79. The molecule has 16 heavy (non-hydrogen) atoms. The van der Waals surface area contributed by atoms with Gasteiger partial charge in [0.15, 0.2) is 0 Å². The van der Waals surface area contributed by atoms with Gasteiger partial charge in [-0.15, -0.1) is 0 Å². The zero-order valence-corrected chi connectivity index (χ0v) is 9.85. The van der Waals surface area contributed by atoms with Crippen molar-refractivity contribution >= 4 is 34.9 Å². The van der Waals surface area contributed by atoms with E-state index in [0.717, 1.165) is 6.42 Å². The first-order valence-electron chi connectivity index (χ1n) is 4.84. The van der Waals surface area contributed by atoms with Crippen molar-refractivity contribution in [2.45, 2.75) is 18.5 Å². The highest BCUT2D eigenvalue weighted by atomic mass is 35.5. The van der Waals surface area contributed by atoms with Crippen LogP contribution in [0.4, 0.5) is 10.5 Å². The van der Waals surface area contributed by atoms with Gasteiger partial charge in [0.05, 0.1) is 10.0 Å². The maximum atomic E-state index is 11.5. The van der Waals surface area contributed by atoms with Gasteiger partial charge in [0.2, 0.25) is 0 Å². The van der Waals surface area contributed by atoms with E-state index < -0.39 is 0 Å². The summed E-state index contributed by atoms with van der Waals surface area (Å²) in [6.45, 7) is 0. The Morgan fingerprint density at radius 2 is 2.06 bits per heavy atom. The molecule has 2 unspecified atom stereocenters. The Hall–Kier alpha value is -0.970. The molecule has 0 aromatic heterocycles. The summed E-state index contributed by atoms with van der Waals surface area (Å²) in [4.78, 5) is 11.5. The normalized spacial score (nSPS) is 22.7. The molecule has 1 saturated carbocycles. The molecule has 0 heterocycles. The molecule has 0 aliphatic heterocycles. The van der Waals surface area contributed by atoms with Crippen LogP contribution in [-0.4, -0.2) is 18.1 Å². The fourth-order valence-electron chi connectivity index (χ4n) is 1.29. The fraction of sp³-hybridized carbons (Fsp3) is 0.300. The predicted molar refractivity (Wildman–Crippen MR) is 65.0 cm³/mol. The van der Waals surface area contributed by atoms with Crippen LogP contribution in [0.5, 0.6) is 0 Å². The highest BCUT2D eigenvalue weighted by molar-refractivity contribution is 6.42. The Morgan fingerprint density at radius 1 is 1.38 bits per heavy atom. The minimum absolute atomic E-state index is 0.0829. The van der Waals surface area contributed by atoms with E-state index in [0.29, 0.717) is 15.7 Å². The number of carbonyl (C=O) groups is 1. The van der Waals surface area contributed by atoms with Crippen LogP contribution in [-0.2, 0) is 0 Å². The second kappa shape index (κ2) is 4.49. The number of hydrogen-bond donors (Lipinski definition) is 3. The average Bonchev–Trinajstić information content (AvgIpc) is 2.88. The summed E-state index contributed by atoms with van der Waals surface area (Å²) in [5.74, 6) is 0. The van der Waals surface area contributed by atoms with Gasteiger partial charge in [0, 0.05) is 17.8 Å². The molecule has 1 aromatic carbocycles. The Kier molecular flexibility index (Phi) is 3.23. The lowest BCUT2D eigenvalue weighted by Gasteiger charge is -2.07. The second-order valence-corrected chi connectivity index (χ2v) is 4.55.